The molecule has 1 aliphatic rings. The van der Waals surface area contributed by atoms with Crippen LogP contribution in [0.3, 0.4) is 0 Å². The standard InChI is InChI=1S/C17H32O3.C2H6/c1-11(2)13-9-12(7-8-15(18)20-6)10-14(16(13)19)17(3,4)5;1-2/h11-14,16,19H,7-10H2,1-6H3;1-2H3. The van der Waals surface area contributed by atoms with Gasteiger partial charge in [0.1, 0.15) is 0 Å². The van der Waals surface area contributed by atoms with Gasteiger partial charge in [-0.25, -0.2) is 0 Å². The van der Waals surface area contributed by atoms with E-state index in [1.165, 1.54) is 7.11 Å². The molecule has 1 N–H and O–H groups in total. The number of rotatable bonds is 4. The highest BCUT2D eigenvalue weighted by atomic mass is 16.5. The zero-order chi connectivity index (χ0) is 17.5. The largest absolute Gasteiger partial charge is 0.469 e. The molecule has 1 rings (SSSR count). The molecule has 0 spiro atoms. The summed E-state index contributed by atoms with van der Waals surface area (Å²) >= 11 is 0. The third-order valence-electron chi connectivity index (χ3n) is 5.00. The molecule has 0 aromatic heterocycles. The molecule has 0 amide bonds. The molecular formula is C19H38O3. The van der Waals surface area contributed by atoms with Crippen LogP contribution in [0.4, 0.5) is 0 Å². The van der Waals surface area contributed by atoms with Crippen molar-refractivity contribution < 1.29 is 14.6 Å². The fourth-order valence-corrected chi connectivity index (χ4v) is 3.61. The third kappa shape index (κ3) is 6.28. The normalized spacial score (nSPS) is 28.8. The predicted octanol–water partition coefficient (Wildman–Crippen LogP) is 4.67. The Morgan fingerprint density at radius 2 is 1.77 bits per heavy atom. The summed E-state index contributed by atoms with van der Waals surface area (Å²) in [5.41, 5.74) is 0.108. The van der Waals surface area contributed by atoms with Crippen molar-refractivity contribution in [2.75, 3.05) is 7.11 Å². The highest BCUT2D eigenvalue weighted by molar-refractivity contribution is 5.69. The summed E-state index contributed by atoms with van der Waals surface area (Å²) in [5.74, 6) is 1.54. The molecular weight excluding hydrogens is 276 g/mol. The van der Waals surface area contributed by atoms with Crippen LogP contribution in [0.15, 0.2) is 0 Å². The fourth-order valence-electron chi connectivity index (χ4n) is 3.61. The van der Waals surface area contributed by atoms with Crippen LogP contribution < -0.4 is 0 Å². The maximum Gasteiger partial charge on any atom is 0.305 e. The van der Waals surface area contributed by atoms with Crippen molar-refractivity contribution >= 4 is 5.97 Å². The average molecular weight is 315 g/mol. The molecule has 22 heavy (non-hydrogen) atoms. The number of carbonyl (C=O) groups excluding carboxylic acids is 1. The van der Waals surface area contributed by atoms with Gasteiger partial charge in [0.2, 0.25) is 0 Å². The van der Waals surface area contributed by atoms with Gasteiger partial charge in [-0.05, 0) is 48.3 Å². The minimum atomic E-state index is -0.218. The van der Waals surface area contributed by atoms with Crippen LogP contribution in [0.25, 0.3) is 0 Å². The van der Waals surface area contributed by atoms with Crippen molar-refractivity contribution in [2.45, 2.75) is 80.3 Å². The van der Waals surface area contributed by atoms with Crippen LogP contribution >= 0.6 is 0 Å². The smallest absolute Gasteiger partial charge is 0.305 e. The Balaban J connectivity index is 0.00000211. The fraction of sp³-hybridized carbons (Fsp3) is 0.947. The van der Waals surface area contributed by atoms with Crippen molar-refractivity contribution in [3.8, 4) is 0 Å². The molecule has 0 aromatic rings. The first kappa shape index (κ1) is 21.4. The van der Waals surface area contributed by atoms with Gasteiger partial charge in [0.05, 0.1) is 13.2 Å². The van der Waals surface area contributed by atoms with Gasteiger partial charge >= 0.3 is 5.97 Å². The van der Waals surface area contributed by atoms with Gasteiger partial charge in [-0.3, -0.25) is 4.79 Å². The van der Waals surface area contributed by atoms with Crippen molar-refractivity contribution in [2.24, 2.45) is 29.1 Å². The SMILES string of the molecule is CC.COC(=O)CCC1CC(C(C)C)C(O)C(C(C)(C)C)C1. The van der Waals surface area contributed by atoms with Crippen LogP contribution in [0, 0.1) is 29.1 Å². The second-order valence-corrected chi connectivity index (χ2v) is 7.82. The Labute approximate surface area is 137 Å². The number of aliphatic hydroxyl groups excluding tert-OH is 1. The van der Waals surface area contributed by atoms with E-state index in [1.54, 1.807) is 0 Å². The Morgan fingerprint density at radius 3 is 2.18 bits per heavy atom. The minimum Gasteiger partial charge on any atom is -0.469 e. The summed E-state index contributed by atoms with van der Waals surface area (Å²) < 4.78 is 4.74. The molecule has 0 saturated heterocycles. The number of carbonyl (C=O) groups is 1. The summed E-state index contributed by atoms with van der Waals surface area (Å²) in [5, 5.41) is 10.7. The topological polar surface area (TPSA) is 46.5 Å². The van der Waals surface area contributed by atoms with Gasteiger partial charge < -0.3 is 9.84 Å². The summed E-state index contributed by atoms with van der Waals surface area (Å²) in [7, 11) is 1.45. The zero-order valence-electron chi connectivity index (χ0n) is 16.0. The number of ether oxygens (including phenoxy) is 1. The molecule has 0 heterocycles. The monoisotopic (exact) mass is 314 g/mol. The van der Waals surface area contributed by atoms with Gasteiger partial charge in [-0.2, -0.15) is 0 Å². The molecule has 3 heteroatoms. The lowest BCUT2D eigenvalue weighted by atomic mass is 9.61. The Kier molecular flexibility index (Phi) is 9.30. The quantitative estimate of drug-likeness (QED) is 0.767. The lowest BCUT2D eigenvalue weighted by Crippen LogP contribution is -2.45. The van der Waals surface area contributed by atoms with E-state index in [1.807, 2.05) is 13.8 Å². The van der Waals surface area contributed by atoms with Crippen LogP contribution in [0.5, 0.6) is 0 Å². The lowest BCUT2D eigenvalue weighted by molar-refractivity contribution is -0.141. The summed E-state index contributed by atoms with van der Waals surface area (Å²) in [6, 6.07) is 0. The van der Waals surface area contributed by atoms with E-state index in [4.69, 9.17) is 4.74 Å². The molecule has 3 nitrogen and oxygen atoms in total. The molecule has 0 radical (unpaired) electrons. The molecule has 0 aliphatic heterocycles. The molecule has 4 unspecified atom stereocenters. The minimum absolute atomic E-state index is 0.108. The number of methoxy groups -OCH3 is 1. The second-order valence-electron chi connectivity index (χ2n) is 7.82. The molecule has 1 fully saturated rings. The molecule has 0 aromatic carbocycles. The van der Waals surface area contributed by atoms with Gasteiger partial charge in [-0.1, -0.05) is 48.5 Å². The van der Waals surface area contributed by atoms with Crippen LogP contribution in [0.1, 0.15) is 74.1 Å². The van der Waals surface area contributed by atoms with Gasteiger partial charge in [0.25, 0.3) is 0 Å². The zero-order valence-corrected chi connectivity index (χ0v) is 16.0. The van der Waals surface area contributed by atoms with Gasteiger partial charge in [-0.15, -0.1) is 0 Å². The maximum atomic E-state index is 11.3. The van der Waals surface area contributed by atoms with E-state index >= 15 is 0 Å². The number of esters is 1. The highest BCUT2D eigenvalue weighted by Gasteiger charge is 2.42. The first-order chi connectivity index (χ1) is 10.2. The molecule has 132 valence electrons. The van der Waals surface area contributed by atoms with E-state index in [9.17, 15) is 9.90 Å². The Morgan fingerprint density at radius 1 is 1.23 bits per heavy atom. The van der Waals surface area contributed by atoms with Gasteiger partial charge in [0, 0.05) is 6.42 Å². The average Bonchev–Trinajstić information content (AvgIpc) is 2.46. The van der Waals surface area contributed by atoms with Gasteiger partial charge in [0.15, 0.2) is 0 Å². The van der Waals surface area contributed by atoms with Crippen LogP contribution in [-0.2, 0) is 9.53 Å². The number of hydrogen-bond acceptors (Lipinski definition) is 3. The first-order valence-electron chi connectivity index (χ1n) is 8.91. The van der Waals surface area contributed by atoms with Crippen molar-refractivity contribution in [1.29, 1.82) is 0 Å². The number of hydrogen-bond donors (Lipinski definition) is 1. The highest BCUT2D eigenvalue weighted by Crippen LogP contribution is 2.46. The second kappa shape index (κ2) is 9.54. The van der Waals surface area contributed by atoms with E-state index in [0.29, 0.717) is 30.1 Å². The summed E-state index contributed by atoms with van der Waals surface area (Å²) in [4.78, 5) is 11.3. The molecule has 1 aliphatic carbocycles. The molecule has 0 bridgehead atoms. The maximum absolute atomic E-state index is 11.3. The van der Waals surface area contributed by atoms with E-state index < -0.39 is 0 Å². The predicted molar refractivity (Wildman–Crippen MR) is 92.6 cm³/mol. The van der Waals surface area contributed by atoms with Crippen LogP contribution in [0.2, 0.25) is 0 Å². The summed E-state index contributed by atoms with van der Waals surface area (Å²) in [6.45, 7) is 15.0. The third-order valence-corrected chi connectivity index (χ3v) is 5.00. The van der Waals surface area contributed by atoms with Crippen molar-refractivity contribution in [3.05, 3.63) is 0 Å². The van der Waals surface area contributed by atoms with Crippen LogP contribution in [-0.4, -0.2) is 24.3 Å². The van der Waals surface area contributed by atoms with E-state index in [-0.39, 0.29) is 17.5 Å². The van der Waals surface area contributed by atoms with E-state index in [2.05, 4.69) is 34.6 Å². The summed E-state index contributed by atoms with van der Waals surface area (Å²) in [6.07, 6.45) is 3.21. The lowest BCUT2D eigenvalue weighted by Gasteiger charge is -2.46. The molecule has 1 saturated carbocycles. The molecule has 4 atom stereocenters. The Bertz CT molecular complexity index is 317. The van der Waals surface area contributed by atoms with E-state index in [0.717, 1.165) is 19.3 Å². The van der Waals surface area contributed by atoms with Crippen molar-refractivity contribution in [3.63, 3.8) is 0 Å². The Hall–Kier alpha value is -0.570. The number of aliphatic hydroxyl groups is 1. The first-order valence-corrected chi connectivity index (χ1v) is 8.91. The van der Waals surface area contributed by atoms with Crippen molar-refractivity contribution in [1.82, 2.24) is 0 Å².